The van der Waals surface area contributed by atoms with Gasteiger partial charge in [-0.15, -0.1) is 0 Å². The van der Waals surface area contributed by atoms with E-state index in [9.17, 15) is 0 Å². The van der Waals surface area contributed by atoms with Gasteiger partial charge in [-0.2, -0.15) is 0 Å². The number of H-pyrrole nitrogens is 1. The van der Waals surface area contributed by atoms with E-state index in [0.717, 1.165) is 36.3 Å². The molecule has 92 valence electrons. The molecule has 1 atom stereocenters. The van der Waals surface area contributed by atoms with Crippen LogP contribution in [0, 0.1) is 6.92 Å². The normalized spacial score (nSPS) is 13.1. The first-order valence-electron chi connectivity index (χ1n) is 5.92. The van der Waals surface area contributed by atoms with E-state index in [2.05, 4.69) is 23.0 Å². The van der Waals surface area contributed by atoms with Gasteiger partial charge < -0.3 is 15.5 Å². The lowest BCUT2D eigenvalue weighted by Gasteiger charge is -2.07. The van der Waals surface area contributed by atoms with Gasteiger partial charge in [-0.25, -0.2) is 4.98 Å². The third-order valence-electron chi connectivity index (χ3n) is 2.95. The molecule has 1 aromatic carbocycles. The van der Waals surface area contributed by atoms with Gasteiger partial charge >= 0.3 is 0 Å². The number of nitrogens with two attached hydrogens (primary N) is 1. The van der Waals surface area contributed by atoms with Gasteiger partial charge in [-0.3, -0.25) is 0 Å². The molecule has 0 aliphatic rings. The van der Waals surface area contributed by atoms with Crippen LogP contribution in [0.1, 0.15) is 30.3 Å². The number of benzene rings is 1. The van der Waals surface area contributed by atoms with Crippen molar-refractivity contribution in [2.24, 2.45) is 5.73 Å². The lowest BCUT2D eigenvalue weighted by atomic mass is 10.1. The summed E-state index contributed by atoms with van der Waals surface area (Å²) in [4.78, 5) is 7.86. The maximum atomic E-state index is 6.10. The minimum Gasteiger partial charge on any atom is -0.385 e. The van der Waals surface area contributed by atoms with Gasteiger partial charge in [0.25, 0.3) is 0 Å². The predicted molar refractivity (Wildman–Crippen MR) is 68.9 cm³/mol. The molecule has 17 heavy (non-hydrogen) atoms. The highest BCUT2D eigenvalue weighted by atomic mass is 16.5. The van der Waals surface area contributed by atoms with Gasteiger partial charge in [0.05, 0.1) is 17.1 Å². The van der Waals surface area contributed by atoms with Crippen LogP contribution in [0.5, 0.6) is 0 Å². The van der Waals surface area contributed by atoms with E-state index < -0.39 is 0 Å². The van der Waals surface area contributed by atoms with Gasteiger partial charge in [-0.05, 0) is 31.4 Å². The highest BCUT2D eigenvalue weighted by Gasteiger charge is 2.11. The number of nitrogens with zero attached hydrogens (tertiary/aromatic N) is 1. The molecule has 0 amide bonds. The number of methoxy groups -OCH3 is 1. The van der Waals surface area contributed by atoms with Gasteiger partial charge in [0.1, 0.15) is 5.82 Å². The number of hydrogen-bond acceptors (Lipinski definition) is 3. The summed E-state index contributed by atoms with van der Waals surface area (Å²) in [7, 11) is 1.70. The van der Waals surface area contributed by atoms with Gasteiger partial charge in [-0.1, -0.05) is 12.1 Å². The quantitative estimate of drug-likeness (QED) is 0.779. The Balaban J connectivity index is 2.16. The molecule has 0 fully saturated rings. The number of aromatic amines is 1. The maximum Gasteiger partial charge on any atom is 0.124 e. The number of ether oxygens (including phenoxy) is 1. The monoisotopic (exact) mass is 233 g/mol. The van der Waals surface area contributed by atoms with Crippen LogP contribution in [0.2, 0.25) is 0 Å². The fourth-order valence-corrected chi connectivity index (χ4v) is 1.95. The van der Waals surface area contributed by atoms with Crippen molar-refractivity contribution < 1.29 is 4.74 Å². The van der Waals surface area contributed by atoms with E-state index in [0.29, 0.717) is 0 Å². The van der Waals surface area contributed by atoms with Crippen LogP contribution < -0.4 is 5.73 Å². The SMILES string of the molecule is COCCCC(N)c1nc2c(C)cccc2[nH]1. The van der Waals surface area contributed by atoms with Crippen molar-refractivity contribution in [3.63, 3.8) is 0 Å². The van der Waals surface area contributed by atoms with Crippen molar-refractivity contribution in [1.82, 2.24) is 9.97 Å². The number of nitrogens with one attached hydrogen (secondary N) is 1. The lowest BCUT2D eigenvalue weighted by Crippen LogP contribution is -2.12. The van der Waals surface area contributed by atoms with E-state index >= 15 is 0 Å². The van der Waals surface area contributed by atoms with Gasteiger partial charge in [0, 0.05) is 13.7 Å². The van der Waals surface area contributed by atoms with Crippen LogP contribution in [0.15, 0.2) is 18.2 Å². The van der Waals surface area contributed by atoms with Crippen molar-refractivity contribution in [2.75, 3.05) is 13.7 Å². The predicted octanol–water partition coefficient (Wildman–Crippen LogP) is 2.30. The van der Waals surface area contributed by atoms with E-state index in [4.69, 9.17) is 10.5 Å². The second-order valence-corrected chi connectivity index (χ2v) is 4.33. The smallest absolute Gasteiger partial charge is 0.124 e. The molecule has 0 saturated heterocycles. The fourth-order valence-electron chi connectivity index (χ4n) is 1.95. The van der Waals surface area contributed by atoms with Crippen LogP contribution in [-0.2, 0) is 4.74 Å². The Hall–Kier alpha value is -1.39. The van der Waals surface area contributed by atoms with Crippen molar-refractivity contribution in [1.29, 1.82) is 0 Å². The van der Waals surface area contributed by atoms with Crippen molar-refractivity contribution in [3.05, 3.63) is 29.6 Å². The number of rotatable bonds is 5. The fraction of sp³-hybridized carbons (Fsp3) is 0.462. The molecule has 1 unspecified atom stereocenters. The number of aryl methyl sites for hydroxylation is 1. The highest BCUT2D eigenvalue weighted by molar-refractivity contribution is 5.78. The molecule has 1 heterocycles. The molecule has 0 aliphatic heterocycles. The van der Waals surface area contributed by atoms with Crippen molar-refractivity contribution in [3.8, 4) is 0 Å². The third kappa shape index (κ3) is 2.65. The van der Waals surface area contributed by atoms with Gasteiger partial charge in [0.2, 0.25) is 0 Å². The Morgan fingerprint density at radius 3 is 3.00 bits per heavy atom. The molecule has 0 spiro atoms. The standard InChI is InChI=1S/C13H19N3O/c1-9-5-3-7-11-12(9)16-13(15-11)10(14)6-4-8-17-2/h3,5,7,10H,4,6,8,14H2,1-2H3,(H,15,16). The summed E-state index contributed by atoms with van der Waals surface area (Å²) in [5.41, 5.74) is 9.35. The Morgan fingerprint density at radius 1 is 1.47 bits per heavy atom. The minimum atomic E-state index is -0.0445. The largest absolute Gasteiger partial charge is 0.385 e. The first kappa shape index (κ1) is 12.1. The summed E-state index contributed by atoms with van der Waals surface area (Å²) >= 11 is 0. The molecule has 1 aromatic heterocycles. The van der Waals surface area contributed by atoms with Gasteiger partial charge in [0.15, 0.2) is 0 Å². The second kappa shape index (κ2) is 5.29. The van der Waals surface area contributed by atoms with E-state index in [1.165, 1.54) is 5.56 Å². The topological polar surface area (TPSA) is 63.9 Å². The van der Waals surface area contributed by atoms with E-state index in [1.807, 2.05) is 12.1 Å². The van der Waals surface area contributed by atoms with Crippen molar-refractivity contribution in [2.45, 2.75) is 25.8 Å². The third-order valence-corrected chi connectivity index (χ3v) is 2.95. The number of imidazole rings is 1. The summed E-state index contributed by atoms with van der Waals surface area (Å²) in [6, 6.07) is 6.07. The Bertz CT molecular complexity index is 492. The molecule has 0 bridgehead atoms. The first-order chi connectivity index (χ1) is 8.22. The van der Waals surface area contributed by atoms with Crippen LogP contribution >= 0.6 is 0 Å². The molecule has 4 heteroatoms. The Labute approximate surface area is 101 Å². The zero-order valence-electron chi connectivity index (χ0n) is 10.4. The summed E-state index contributed by atoms with van der Waals surface area (Å²) in [6.45, 7) is 2.80. The summed E-state index contributed by atoms with van der Waals surface area (Å²) in [5.74, 6) is 0.866. The van der Waals surface area contributed by atoms with Crippen LogP contribution in [0.25, 0.3) is 11.0 Å². The van der Waals surface area contributed by atoms with Crippen molar-refractivity contribution >= 4 is 11.0 Å². The summed E-state index contributed by atoms with van der Waals surface area (Å²) in [5, 5.41) is 0. The molecule has 0 saturated carbocycles. The summed E-state index contributed by atoms with van der Waals surface area (Å²) in [6.07, 6.45) is 1.83. The number of hydrogen-bond donors (Lipinski definition) is 2. The zero-order valence-corrected chi connectivity index (χ0v) is 10.4. The molecule has 2 rings (SSSR count). The zero-order chi connectivity index (χ0) is 12.3. The molecule has 0 radical (unpaired) electrons. The molecular weight excluding hydrogens is 214 g/mol. The molecule has 0 aliphatic carbocycles. The first-order valence-corrected chi connectivity index (χ1v) is 5.92. The molecular formula is C13H19N3O. The van der Waals surface area contributed by atoms with E-state index in [1.54, 1.807) is 7.11 Å². The highest BCUT2D eigenvalue weighted by Crippen LogP contribution is 2.20. The summed E-state index contributed by atoms with van der Waals surface area (Å²) < 4.78 is 5.02. The Morgan fingerprint density at radius 2 is 2.29 bits per heavy atom. The Kier molecular flexibility index (Phi) is 3.76. The number of fused-ring (bicyclic) bond motifs is 1. The lowest BCUT2D eigenvalue weighted by molar-refractivity contribution is 0.190. The van der Waals surface area contributed by atoms with E-state index in [-0.39, 0.29) is 6.04 Å². The van der Waals surface area contributed by atoms with Crippen LogP contribution in [-0.4, -0.2) is 23.7 Å². The number of para-hydroxylation sites is 1. The van der Waals surface area contributed by atoms with Crippen LogP contribution in [0.3, 0.4) is 0 Å². The second-order valence-electron chi connectivity index (χ2n) is 4.33. The molecule has 2 aromatic rings. The molecule has 4 nitrogen and oxygen atoms in total. The minimum absolute atomic E-state index is 0.0445. The maximum absolute atomic E-state index is 6.10. The van der Waals surface area contributed by atoms with Crippen LogP contribution in [0.4, 0.5) is 0 Å². The average molecular weight is 233 g/mol. The molecule has 3 N–H and O–H groups in total. The average Bonchev–Trinajstić information content (AvgIpc) is 2.75. The number of aromatic nitrogens is 2.